The van der Waals surface area contributed by atoms with Gasteiger partial charge in [0.25, 0.3) is 10.0 Å². The van der Waals surface area contributed by atoms with Crippen LogP contribution in [0.4, 0.5) is 0 Å². The standard InChI is InChI=1S/C24H22ClN5O3S/c1-33-21-13-7-17(8-14-21)23-15-19(28-30(23)20-11-9-18(25)10-12-20)16-27-24(26)29-34(31,32)22-5-3-2-4-6-22/h2-15H,16H2,1H3,(H3,26,27,29). The molecule has 1 heterocycles. The van der Waals surface area contributed by atoms with Gasteiger partial charge in [-0.1, -0.05) is 29.8 Å². The zero-order valence-corrected chi connectivity index (χ0v) is 19.8. The molecule has 1 aromatic heterocycles. The predicted molar refractivity (Wildman–Crippen MR) is 133 cm³/mol. The Balaban J connectivity index is 1.62. The van der Waals surface area contributed by atoms with Gasteiger partial charge >= 0.3 is 0 Å². The molecular formula is C24H22ClN5O3S. The highest BCUT2D eigenvalue weighted by molar-refractivity contribution is 7.90. The topological polar surface area (TPSA) is 112 Å². The van der Waals surface area contributed by atoms with Gasteiger partial charge in [-0.05, 0) is 66.7 Å². The van der Waals surface area contributed by atoms with Gasteiger partial charge in [0.1, 0.15) is 5.75 Å². The third-order valence-corrected chi connectivity index (χ3v) is 6.54. The highest BCUT2D eigenvalue weighted by Gasteiger charge is 2.15. The molecule has 0 aliphatic rings. The summed E-state index contributed by atoms with van der Waals surface area (Å²) in [7, 11) is -2.21. The van der Waals surface area contributed by atoms with Crippen molar-refractivity contribution in [3.8, 4) is 22.7 Å². The highest BCUT2D eigenvalue weighted by atomic mass is 35.5. The SMILES string of the molecule is COc1ccc(-c2cc(CN=C(N)NS(=O)(=O)c3ccccc3)nn2-c2ccc(Cl)cc2)cc1. The number of hydrogen-bond donors (Lipinski definition) is 2. The molecule has 174 valence electrons. The van der Waals surface area contributed by atoms with Gasteiger partial charge in [0, 0.05) is 10.6 Å². The molecule has 3 aromatic carbocycles. The van der Waals surface area contributed by atoms with E-state index in [-0.39, 0.29) is 17.4 Å². The summed E-state index contributed by atoms with van der Waals surface area (Å²) in [6.45, 7) is 0.0763. The minimum Gasteiger partial charge on any atom is -0.497 e. The molecule has 0 aliphatic heterocycles. The first-order valence-electron chi connectivity index (χ1n) is 10.2. The molecule has 3 N–H and O–H groups in total. The molecule has 0 unspecified atom stereocenters. The summed E-state index contributed by atoms with van der Waals surface area (Å²) in [6, 6.07) is 24.7. The van der Waals surface area contributed by atoms with E-state index >= 15 is 0 Å². The van der Waals surface area contributed by atoms with Crippen molar-refractivity contribution in [1.29, 1.82) is 0 Å². The van der Waals surface area contributed by atoms with Crippen molar-refractivity contribution in [3.63, 3.8) is 0 Å². The number of guanidine groups is 1. The molecule has 0 saturated heterocycles. The smallest absolute Gasteiger partial charge is 0.264 e. The zero-order chi connectivity index (χ0) is 24.1. The van der Waals surface area contributed by atoms with Crippen LogP contribution in [0.2, 0.25) is 5.02 Å². The second-order valence-corrected chi connectivity index (χ2v) is 9.38. The maximum Gasteiger partial charge on any atom is 0.264 e. The third-order valence-electron chi connectivity index (χ3n) is 4.92. The second-order valence-electron chi connectivity index (χ2n) is 7.26. The van der Waals surface area contributed by atoms with Gasteiger partial charge in [-0.15, -0.1) is 0 Å². The number of aliphatic imine (C=N–C) groups is 1. The quantitative estimate of drug-likeness (QED) is 0.297. The lowest BCUT2D eigenvalue weighted by Crippen LogP contribution is -2.36. The molecule has 0 atom stereocenters. The second kappa shape index (κ2) is 9.98. The first kappa shape index (κ1) is 23.3. The Labute approximate surface area is 202 Å². The molecule has 0 radical (unpaired) electrons. The lowest BCUT2D eigenvalue weighted by atomic mass is 10.1. The Morgan fingerprint density at radius 2 is 1.74 bits per heavy atom. The van der Waals surface area contributed by atoms with Crippen molar-refractivity contribution in [2.45, 2.75) is 11.4 Å². The number of rotatable bonds is 7. The van der Waals surface area contributed by atoms with Crippen LogP contribution in [0, 0.1) is 0 Å². The molecule has 0 saturated carbocycles. The van der Waals surface area contributed by atoms with Crippen LogP contribution < -0.4 is 15.2 Å². The predicted octanol–water partition coefficient (Wildman–Crippen LogP) is 3.99. The molecule has 0 spiro atoms. The van der Waals surface area contributed by atoms with Crippen LogP contribution in [0.25, 0.3) is 16.9 Å². The van der Waals surface area contributed by atoms with Crippen LogP contribution in [-0.4, -0.2) is 31.3 Å². The van der Waals surface area contributed by atoms with Gasteiger partial charge in [-0.3, -0.25) is 0 Å². The lowest BCUT2D eigenvalue weighted by molar-refractivity contribution is 0.415. The van der Waals surface area contributed by atoms with E-state index in [1.807, 2.05) is 42.5 Å². The summed E-state index contributed by atoms with van der Waals surface area (Å²) in [5.74, 6) is 0.514. The number of halogens is 1. The maximum atomic E-state index is 12.4. The Kier molecular flexibility index (Phi) is 6.85. The fraction of sp³-hybridized carbons (Fsp3) is 0.0833. The average molecular weight is 496 g/mol. The summed E-state index contributed by atoms with van der Waals surface area (Å²) < 4.78 is 34.2. The number of methoxy groups -OCH3 is 1. The van der Waals surface area contributed by atoms with Crippen molar-refractivity contribution < 1.29 is 13.2 Å². The van der Waals surface area contributed by atoms with Crippen LogP contribution >= 0.6 is 11.6 Å². The number of ether oxygens (including phenoxy) is 1. The molecule has 4 rings (SSSR count). The molecule has 34 heavy (non-hydrogen) atoms. The van der Waals surface area contributed by atoms with Crippen molar-refractivity contribution in [1.82, 2.24) is 14.5 Å². The number of sulfonamides is 1. The maximum absolute atomic E-state index is 12.4. The van der Waals surface area contributed by atoms with E-state index in [1.165, 1.54) is 12.1 Å². The molecule has 0 bridgehead atoms. The molecule has 0 fully saturated rings. The van der Waals surface area contributed by atoms with Crippen LogP contribution in [-0.2, 0) is 16.6 Å². The first-order valence-corrected chi connectivity index (χ1v) is 12.1. The van der Waals surface area contributed by atoms with E-state index < -0.39 is 10.0 Å². The van der Waals surface area contributed by atoms with Gasteiger partial charge < -0.3 is 10.5 Å². The number of nitrogens with one attached hydrogen (secondary N) is 1. The van der Waals surface area contributed by atoms with Gasteiger partial charge in [0.2, 0.25) is 5.96 Å². The number of benzene rings is 3. The van der Waals surface area contributed by atoms with Crippen molar-refractivity contribution in [2.24, 2.45) is 10.7 Å². The van der Waals surface area contributed by atoms with Gasteiger partial charge in [-0.2, -0.15) is 5.10 Å². The average Bonchev–Trinajstić information content (AvgIpc) is 3.28. The van der Waals surface area contributed by atoms with Crippen LogP contribution in [0.3, 0.4) is 0 Å². The van der Waals surface area contributed by atoms with Crippen LogP contribution in [0.1, 0.15) is 5.69 Å². The van der Waals surface area contributed by atoms with Gasteiger partial charge in [0.15, 0.2) is 0 Å². The molecule has 0 aliphatic carbocycles. The van der Waals surface area contributed by atoms with Crippen molar-refractivity contribution >= 4 is 27.6 Å². The van der Waals surface area contributed by atoms with E-state index in [0.29, 0.717) is 10.7 Å². The first-order chi connectivity index (χ1) is 16.4. The minimum absolute atomic E-state index is 0.0763. The van der Waals surface area contributed by atoms with E-state index in [2.05, 4.69) is 14.8 Å². The normalized spacial score (nSPS) is 11.9. The van der Waals surface area contributed by atoms with Crippen molar-refractivity contribution in [3.05, 3.63) is 95.6 Å². The Morgan fingerprint density at radius 1 is 1.06 bits per heavy atom. The van der Waals surface area contributed by atoms with E-state index in [1.54, 1.807) is 42.1 Å². The Morgan fingerprint density at radius 3 is 2.38 bits per heavy atom. The fourth-order valence-corrected chi connectivity index (χ4v) is 4.35. The summed E-state index contributed by atoms with van der Waals surface area (Å²) in [6.07, 6.45) is 0. The van der Waals surface area contributed by atoms with Gasteiger partial charge in [-0.25, -0.2) is 22.8 Å². The highest BCUT2D eigenvalue weighted by Crippen LogP contribution is 2.27. The Bertz CT molecular complexity index is 1400. The monoisotopic (exact) mass is 495 g/mol. The molecular weight excluding hydrogens is 474 g/mol. The van der Waals surface area contributed by atoms with E-state index in [0.717, 1.165) is 22.7 Å². The molecule has 10 heteroatoms. The molecule has 0 amide bonds. The number of nitrogens with two attached hydrogens (primary N) is 1. The van der Waals surface area contributed by atoms with Gasteiger partial charge in [0.05, 0.1) is 35.6 Å². The summed E-state index contributed by atoms with van der Waals surface area (Å²) >= 11 is 6.04. The zero-order valence-electron chi connectivity index (χ0n) is 18.2. The molecule has 4 aromatic rings. The lowest BCUT2D eigenvalue weighted by Gasteiger charge is -2.08. The van der Waals surface area contributed by atoms with Crippen LogP contribution in [0.5, 0.6) is 5.75 Å². The number of nitrogens with zero attached hydrogens (tertiary/aromatic N) is 3. The Hall–Kier alpha value is -3.82. The van der Waals surface area contributed by atoms with E-state index in [4.69, 9.17) is 22.1 Å². The molecule has 8 nitrogen and oxygen atoms in total. The number of aromatic nitrogens is 2. The minimum atomic E-state index is -3.82. The van der Waals surface area contributed by atoms with Crippen LogP contribution in [0.15, 0.2) is 94.8 Å². The summed E-state index contributed by atoms with van der Waals surface area (Å²) in [4.78, 5) is 4.27. The summed E-state index contributed by atoms with van der Waals surface area (Å²) in [5, 5.41) is 5.27. The van der Waals surface area contributed by atoms with E-state index in [9.17, 15) is 8.42 Å². The van der Waals surface area contributed by atoms with Crippen molar-refractivity contribution in [2.75, 3.05) is 7.11 Å². The largest absolute Gasteiger partial charge is 0.497 e. The fourth-order valence-electron chi connectivity index (χ4n) is 3.25. The third kappa shape index (κ3) is 5.38. The summed E-state index contributed by atoms with van der Waals surface area (Å²) in [5.41, 5.74) is 9.00. The number of hydrogen-bond acceptors (Lipinski definition) is 5.